The Morgan fingerprint density at radius 1 is 1.63 bits per heavy atom. The predicted octanol–water partition coefficient (Wildman–Crippen LogP) is 2.19. The normalized spacial score (nSPS) is 19.6. The van der Waals surface area contributed by atoms with Crippen LogP contribution in [0, 0.1) is 17.0 Å². The molecule has 1 aliphatic rings. The molecule has 1 aliphatic heterocycles. The second-order valence-corrected chi connectivity index (χ2v) is 4.92. The first-order valence-corrected chi connectivity index (χ1v) is 6.70. The van der Waals surface area contributed by atoms with Crippen molar-refractivity contribution in [3.8, 4) is 0 Å². The molecule has 6 heteroatoms. The number of aryl methyl sites for hydroxylation is 1. The van der Waals surface area contributed by atoms with Crippen molar-refractivity contribution in [2.75, 3.05) is 25.0 Å². The van der Waals surface area contributed by atoms with Gasteiger partial charge in [-0.2, -0.15) is 0 Å². The lowest BCUT2D eigenvalue weighted by Crippen LogP contribution is -2.34. The molecule has 0 amide bonds. The largest absolute Gasteiger partial charge is 0.368 e. The summed E-state index contributed by atoms with van der Waals surface area (Å²) in [6.45, 7) is 6.84. The Bertz CT molecular complexity index is 464. The van der Waals surface area contributed by atoms with Crippen molar-refractivity contribution >= 4 is 11.5 Å². The van der Waals surface area contributed by atoms with E-state index >= 15 is 0 Å². The second-order valence-electron chi connectivity index (χ2n) is 4.92. The molecule has 0 spiro atoms. The van der Waals surface area contributed by atoms with E-state index in [9.17, 15) is 10.1 Å². The zero-order valence-electron chi connectivity index (χ0n) is 11.4. The minimum Gasteiger partial charge on any atom is -0.368 e. The van der Waals surface area contributed by atoms with E-state index < -0.39 is 0 Å². The van der Waals surface area contributed by atoms with Gasteiger partial charge in [-0.3, -0.25) is 15.0 Å². The molecule has 2 rings (SSSR count). The van der Waals surface area contributed by atoms with Gasteiger partial charge in [0.15, 0.2) is 0 Å². The number of hydrogen-bond acceptors (Lipinski definition) is 5. The number of likely N-dealkylation sites (N-methyl/N-ethyl adjacent to an activating group) is 1. The van der Waals surface area contributed by atoms with Gasteiger partial charge in [0.1, 0.15) is 5.82 Å². The van der Waals surface area contributed by atoms with Gasteiger partial charge in [-0.15, -0.1) is 0 Å². The van der Waals surface area contributed by atoms with Gasteiger partial charge in [0.05, 0.1) is 11.0 Å². The second kappa shape index (κ2) is 5.97. The summed E-state index contributed by atoms with van der Waals surface area (Å²) in [6.07, 6.45) is 3.95. The van der Waals surface area contributed by atoms with Crippen LogP contribution in [-0.2, 0) is 0 Å². The van der Waals surface area contributed by atoms with E-state index in [0.29, 0.717) is 17.4 Å². The average molecular weight is 264 g/mol. The Balaban J connectivity index is 2.00. The lowest BCUT2D eigenvalue weighted by atomic mass is 10.2. The van der Waals surface area contributed by atoms with Crippen LogP contribution in [0.5, 0.6) is 0 Å². The number of aromatic nitrogens is 1. The van der Waals surface area contributed by atoms with Gasteiger partial charge in [-0.1, -0.05) is 6.92 Å². The van der Waals surface area contributed by atoms with Crippen molar-refractivity contribution in [2.24, 2.45) is 0 Å². The fraction of sp³-hybridized carbons (Fsp3) is 0.615. The molecule has 1 unspecified atom stereocenters. The van der Waals surface area contributed by atoms with Gasteiger partial charge in [0.25, 0.3) is 5.69 Å². The first-order valence-electron chi connectivity index (χ1n) is 6.70. The minimum absolute atomic E-state index is 0.122. The average Bonchev–Trinajstić information content (AvgIpc) is 2.84. The Kier molecular flexibility index (Phi) is 4.31. The van der Waals surface area contributed by atoms with Gasteiger partial charge in [0, 0.05) is 24.3 Å². The predicted molar refractivity (Wildman–Crippen MR) is 74.4 cm³/mol. The molecule has 19 heavy (non-hydrogen) atoms. The lowest BCUT2D eigenvalue weighted by Gasteiger charge is -2.23. The molecule has 104 valence electrons. The topological polar surface area (TPSA) is 71.3 Å². The highest BCUT2D eigenvalue weighted by Gasteiger charge is 2.22. The molecule has 0 saturated carbocycles. The highest BCUT2D eigenvalue weighted by atomic mass is 16.6. The SMILES string of the molecule is CCN1CCCC1CNc1cc([N+](=O)[O-])c(C)cn1. The van der Waals surface area contributed by atoms with Crippen LogP contribution in [0.25, 0.3) is 0 Å². The maximum atomic E-state index is 10.9. The summed E-state index contributed by atoms with van der Waals surface area (Å²) >= 11 is 0. The molecule has 1 aromatic heterocycles. The maximum absolute atomic E-state index is 10.9. The van der Waals surface area contributed by atoms with Crippen LogP contribution in [0.15, 0.2) is 12.3 Å². The highest BCUT2D eigenvalue weighted by molar-refractivity contribution is 5.48. The van der Waals surface area contributed by atoms with E-state index in [2.05, 4.69) is 22.1 Å². The van der Waals surface area contributed by atoms with Gasteiger partial charge in [-0.05, 0) is 32.9 Å². The van der Waals surface area contributed by atoms with Gasteiger partial charge in [0.2, 0.25) is 0 Å². The third-order valence-corrected chi connectivity index (χ3v) is 3.70. The zero-order chi connectivity index (χ0) is 13.8. The van der Waals surface area contributed by atoms with Crippen LogP contribution in [0.1, 0.15) is 25.3 Å². The first kappa shape index (κ1) is 13.7. The third-order valence-electron chi connectivity index (χ3n) is 3.70. The molecule has 1 saturated heterocycles. The maximum Gasteiger partial charge on any atom is 0.277 e. The standard InChI is InChI=1S/C13H20N4O2/c1-3-16-6-4-5-11(16)9-15-13-7-12(17(18)19)10(2)8-14-13/h7-8,11H,3-6,9H2,1-2H3,(H,14,15). The van der Waals surface area contributed by atoms with Crippen molar-refractivity contribution in [3.05, 3.63) is 27.9 Å². The molecule has 1 atom stereocenters. The smallest absolute Gasteiger partial charge is 0.277 e. The summed E-state index contributed by atoms with van der Waals surface area (Å²) in [5.74, 6) is 0.584. The molecule has 6 nitrogen and oxygen atoms in total. The fourth-order valence-electron chi connectivity index (χ4n) is 2.57. The molecule has 2 heterocycles. The lowest BCUT2D eigenvalue weighted by molar-refractivity contribution is -0.385. The van der Waals surface area contributed by atoms with E-state index in [1.807, 2.05) is 0 Å². The molecule has 0 aromatic carbocycles. The number of pyridine rings is 1. The Labute approximate surface area is 113 Å². The molecule has 1 aromatic rings. The molecule has 1 N–H and O–H groups in total. The first-order chi connectivity index (χ1) is 9.11. The molecular formula is C13H20N4O2. The number of nitro groups is 1. The van der Waals surface area contributed by atoms with Crippen molar-refractivity contribution in [2.45, 2.75) is 32.7 Å². The van der Waals surface area contributed by atoms with Crippen molar-refractivity contribution in [3.63, 3.8) is 0 Å². The van der Waals surface area contributed by atoms with E-state index in [0.717, 1.165) is 19.6 Å². The minimum atomic E-state index is -0.365. The molecule has 0 bridgehead atoms. The molecule has 0 aliphatic carbocycles. The van der Waals surface area contributed by atoms with Crippen LogP contribution in [0.2, 0.25) is 0 Å². The number of nitrogens with one attached hydrogen (secondary N) is 1. The van der Waals surface area contributed by atoms with Crippen molar-refractivity contribution < 1.29 is 4.92 Å². The number of nitrogens with zero attached hydrogens (tertiary/aromatic N) is 3. The Hall–Kier alpha value is -1.69. The Morgan fingerprint density at radius 2 is 2.42 bits per heavy atom. The van der Waals surface area contributed by atoms with Gasteiger partial charge in [-0.25, -0.2) is 4.98 Å². The van der Waals surface area contributed by atoms with Crippen molar-refractivity contribution in [1.29, 1.82) is 0 Å². The fourth-order valence-corrected chi connectivity index (χ4v) is 2.57. The summed E-state index contributed by atoms with van der Waals surface area (Å²) in [7, 11) is 0. The molecular weight excluding hydrogens is 244 g/mol. The summed E-state index contributed by atoms with van der Waals surface area (Å²) in [4.78, 5) is 17.1. The number of rotatable bonds is 5. The molecule has 1 fully saturated rings. The van der Waals surface area contributed by atoms with E-state index in [4.69, 9.17) is 0 Å². The van der Waals surface area contributed by atoms with E-state index in [1.165, 1.54) is 18.9 Å². The Morgan fingerprint density at radius 3 is 3.11 bits per heavy atom. The summed E-state index contributed by atoms with van der Waals surface area (Å²) in [5, 5.41) is 14.1. The highest BCUT2D eigenvalue weighted by Crippen LogP contribution is 2.21. The van der Waals surface area contributed by atoms with Crippen LogP contribution in [0.3, 0.4) is 0 Å². The number of likely N-dealkylation sites (tertiary alicyclic amines) is 1. The summed E-state index contributed by atoms with van der Waals surface area (Å²) in [5.41, 5.74) is 0.711. The quantitative estimate of drug-likeness (QED) is 0.652. The van der Waals surface area contributed by atoms with E-state index in [-0.39, 0.29) is 10.6 Å². The zero-order valence-corrected chi connectivity index (χ0v) is 11.4. The monoisotopic (exact) mass is 264 g/mol. The van der Waals surface area contributed by atoms with E-state index in [1.54, 1.807) is 13.1 Å². The number of anilines is 1. The van der Waals surface area contributed by atoms with Gasteiger partial charge < -0.3 is 5.32 Å². The summed E-state index contributed by atoms with van der Waals surface area (Å²) in [6, 6.07) is 2.02. The van der Waals surface area contributed by atoms with Gasteiger partial charge >= 0.3 is 0 Å². The third kappa shape index (κ3) is 3.20. The molecule has 0 radical (unpaired) electrons. The van der Waals surface area contributed by atoms with Crippen LogP contribution in [-0.4, -0.2) is 40.5 Å². The number of hydrogen-bond donors (Lipinski definition) is 1. The van der Waals surface area contributed by atoms with Crippen molar-refractivity contribution in [1.82, 2.24) is 9.88 Å². The van der Waals surface area contributed by atoms with Crippen LogP contribution >= 0.6 is 0 Å². The summed E-state index contributed by atoms with van der Waals surface area (Å²) < 4.78 is 0. The van der Waals surface area contributed by atoms with Crippen LogP contribution in [0.4, 0.5) is 11.5 Å². The van der Waals surface area contributed by atoms with Crippen LogP contribution < -0.4 is 5.32 Å².